The van der Waals surface area contributed by atoms with E-state index < -0.39 is 6.10 Å². The third-order valence-corrected chi connectivity index (χ3v) is 5.83. The zero-order valence-corrected chi connectivity index (χ0v) is 15.9. The molecule has 3 rings (SSSR count). The highest BCUT2D eigenvalue weighted by molar-refractivity contribution is 5.76. The van der Waals surface area contributed by atoms with Gasteiger partial charge in [-0.15, -0.1) is 0 Å². The van der Waals surface area contributed by atoms with Gasteiger partial charge in [0.1, 0.15) is 0 Å². The Labute approximate surface area is 157 Å². The van der Waals surface area contributed by atoms with Gasteiger partial charge in [-0.1, -0.05) is 42.5 Å². The zero-order valence-electron chi connectivity index (χ0n) is 15.9. The van der Waals surface area contributed by atoms with Crippen molar-refractivity contribution in [2.45, 2.75) is 38.2 Å². The molecule has 1 fully saturated rings. The maximum Gasteiger partial charge on any atom is 0.222 e. The highest BCUT2D eigenvalue weighted by Gasteiger charge is 2.24. The first-order valence-electron chi connectivity index (χ1n) is 9.98. The molecule has 1 heterocycles. The van der Waals surface area contributed by atoms with Crippen LogP contribution in [-0.2, 0) is 4.79 Å². The van der Waals surface area contributed by atoms with E-state index in [4.69, 9.17) is 0 Å². The van der Waals surface area contributed by atoms with E-state index >= 15 is 0 Å². The first-order chi connectivity index (χ1) is 12.6. The third-order valence-electron chi connectivity index (χ3n) is 5.83. The molecule has 1 aromatic carbocycles. The van der Waals surface area contributed by atoms with Crippen LogP contribution in [-0.4, -0.2) is 54.0 Å². The van der Waals surface area contributed by atoms with Crippen molar-refractivity contribution >= 4 is 5.91 Å². The molecule has 1 saturated heterocycles. The normalized spacial score (nSPS) is 22.5. The smallest absolute Gasteiger partial charge is 0.222 e. The van der Waals surface area contributed by atoms with Gasteiger partial charge in [0.05, 0.1) is 6.10 Å². The minimum Gasteiger partial charge on any atom is -0.387 e. The number of aliphatic hydroxyl groups is 1. The van der Waals surface area contributed by atoms with E-state index in [1.807, 2.05) is 42.3 Å². The Balaban J connectivity index is 1.38. The Hall–Kier alpha value is -1.65. The number of β-amino-alcohol motifs (C(OH)–C–C–N with tert-alkyl or cyclic N) is 1. The van der Waals surface area contributed by atoms with E-state index in [-0.39, 0.29) is 5.91 Å². The monoisotopic (exact) mass is 356 g/mol. The number of hydrogen-bond donors (Lipinski definition) is 1. The molecule has 1 amide bonds. The van der Waals surface area contributed by atoms with Crippen LogP contribution in [0.25, 0.3) is 0 Å². The van der Waals surface area contributed by atoms with E-state index in [1.54, 1.807) is 0 Å². The second-order valence-corrected chi connectivity index (χ2v) is 7.91. The molecule has 2 atom stereocenters. The molecule has 0 spiro atoms. The fraction of sp³-hybridized carbons (Fsp3) is 0.591. The van der Waals surface area contributed by atoms with Crippen molar-refractivity contribution in [2.75, 3.05) is 33.2 Å². The van der Waals surface area contributed by atoms with Gasteiger partial charge in [-0.3, -0.25) is 4.79 Å². The van der Waals surface area contributed by atoms with E-state index in [0.717, 1.165) is 50.9 Å². The van der Waals surface area contributed by atoms with E-state index in [9.17, 15) is 9.90 Å². The van der Waals surface area contributed by atoms with Crippen LogP contribution in [0.4, 0.5) is 0 Å². The molecule has 1 aromatic rings. The Bertz CT molecular complexity index is 593. The average Bonchev–Trinajstić information content (AvgIpc) is 3.17. The van der Waals surface area contributed by atoms with Gasteiger partial charge in [0.25, 0.3) is 0 Å². The molecule has 0 aromatic heterocycles. The predicted molar refractivity (Wildman–Crippen MR) is 105 cm³/mol. The van der Waals surface area contributed by atoms with Gasteiger partial charge in [-0.25, -0.2) is 0 Å². The summed E-state index contributed by atoms with van der Waals surface area (Å²) in [6, 6.07) is 9.88. The molecule has 4 nitrogen and oxygen atoms in total. The summed E-state index contributed by atoms with van der Waals surface area (Å²) in [5, 5.41) is 10.4. The maximum atomic E-state index is 12.4. The Kier molecular flexibility index (Phi) is 6.86. The van der Waals surface area contributed by atoms with Crippen molar-refractivity contribution < 1.29 is 9.90 Å². The summed E-state index contributed by atoms with van der Waals surface area (Å²) in [5.74, 6) is 1.31. The number of benzene rings is 1. The van der Waals surface area contributed by atoms with Gasteiger partial charge in [-0.2, -0.15) is 0 Å². The minimum atomic E-state index is -0.420. The Morgan fingerprint density at radius 3 is 2.62 bits per heavy atom. The fourth-order valence-electron chi connectivity index (χ4n) is 4.11. The fourth-order valence-corrected chi connectivity index (χ4v) is 4.11. The molecule has 2 aliphatic rings. The molecule has 1 aliphatic carbocycles. The third kappa shape index (κ3) is 5.42. The lowest BCUT2D eigenvalue weighted by Gasteiger charge is -2.35. The van der Waals surface area contributed by atoms with Gasteiger partial charge in [-0.05, 0) is 56.2 Å². The van der Waals surface area contributed by atoms with Crippen molar-refractivity contribution in [1.29, 1.82) is 0 Å². The number of rotatable bonds is 7. The first-order valence-corrected chi connectivity index (χ1v) is 9.98. The number of likely N-dealkylation sites (tertiary alicyclic amines) is 1. The second kappa shape index (κ2) is 9.33. The number of piperidine rings is 1. The topological polar surface area (TPSA) is 43.8 Å². The van der Waals surface area contributed by atoms with Gasteiger partial charge in [0, 0.05) is 26.6 Å². The molecular weight excluding hydrogens is 324 g/mol. The minimum absolute atomic E-state index is 0.281. The Morgan fingerprint density at radius 1 is 1.23 bits per heavy atom. The van der Waals surface area contributed by atoms with Crippen LogP contribution in [0.3, 0.4) is 0 Å². The van der Waals surface area contributed by atoms with Crippen LogP contribution in [0, 0.1) is 11.8 Å². The number of nitrogens with zero attached hydrogens (tertiary/aromatic N) is 2. The quantitative estimate of drug-likeness (QED) is 0.763. The lowest BCUT2D eigenvalue weighted by Crippen LogP contribution is -2.41. The zero-order chi connectivity index (χ0) is 18.4. The van der Waals surface area contributed by atoms with Gasteiger partial charge >= 0.3 is 0 Å². The molecule has 4 heteroatoms. The van der Waals surface area contributed by atoms with Crippen molar-refractivity contribution in [3.63, 3.8) is 0 Å². The second-order valence-electron chi connectivity index (χ2n) is 7.91. The molecule has 26 heavy (non-hydrogen) atoms. The number of aliphatic hydroxyl groups excluding tert-OH is 1. The number of carbonyl (C=O) groups excluding carboxylic acids is 1. The molecule has 0 unspecified atom stereocenters. The van der Waals surface area contributed by atoms with Gasteiger partial charge in [0.2, 0.25) is 5.91 Å². The molecule has 0 bridgehead atoms. The number of amides is 1. The van der Waals surface area contributed by atoms with E-state index in [0.29, 0.717) is 24.8 Å². The number of allylic oxidation sites excluding steroid dienone is 2. The van der Waals surface area contributed by atoms with Crippen LogP contribution in [0.1, 0.15) is 43.8 Å². The molecule has 0 radical (unpaired) electrons. The average molecular weight is 357 g/mol. The lowest BCUT2D eigenvalue weighted by atomic mass is 9.95. The molecule has 1 aliphatic heterocycles. The van der Waals surface area contributed by atoms with Crippen molar-refractivity contribution in [1.82, 2.24) is 9.80 Å². The molecule has 0 saturated carbocycles. The summed E-state index contributed by atoms with van der Waals surface area (Å²) < 4.78 is 0. The largest absolute Gasteiger partial charge is 0.387 e. The predicted octanol–water partition coefficient (Wildman–Crippen LogP) is 3.25. The highest BCUT2D eigenvalue weighted by atomic mass is 16.3. The highest BCUT2D eigenvalue weighted by Crippen LogP contribution is 2.24. The van der Waals surface area contributed by atoms with Crippen LogP contribution in [0.15, 0.2) is 42.5 Å². The van der Waals surface area contributed by atoms with Crippen LogP contribution in [0.5, 0.6) is 0 Å². The summed E-state index contributed by atoms with van der Waals surface area (Å²) in [6.07, 6.45) is 9.08. The molecule has 1 N–H and O–H groups in total. The van der Waals surface area contributed by atoms with Crippen molar-refractivity contribution in [3.05, 3.63) is 48.0 Å². The van der Waals surface area contributed by atoms with Crippen LogP contribution >= 0.6 is 0 Å². The molecular formula is C22H32N2O2. The maximum absolute atomic E-state index is 12.4. The van der Waals surface area contributed by atoms with Crippen LogP contribution < -0.4 is 0 Å². The lowest BCUT2D eigenvalue weighted by molar-refractivity contribution is -0.131. The number of hydrogen-bond acceptors (Lipinski definition) is 3. The number of carbonyl (C=O) groups is 1. The summed E-state index contributed by atoms with van der Waals surface area (Å²) in [5.41, 5.74) is 0.987. The van der Waals surface area contributed by atoms with E-state index in [2.05, 4.69) is 17.1 Å². The SMILES string of the molecule is CN(CC1CCN(C[C@H](O)c2ccccc2)CC1)C(=O)C[C@@H]1C=CCC1. The Morgan fingerprint density at radius 2 is 1.96 bits per heavy atom. The van der Waals surface area contributed by atoms with Crippen molar-refractivity contribution in [3.8, 4) is 0 Å². The summed E-state index contributed by atoms with van der Waals surface area (Å²) in [7, 11) is 1.95. The summed E-state index contributed by atoms with van der Waals surface area (Å²) in [4.78, 5) is 16.7. The first kappa shape index (κ1) is 19.1. The molecule has 142 valence electrons. The summed E-state index contributed by atoms with van der Waals surface area (Å²) >= 11 is 0. The van der Waals surface area contributed by atoms with Gasteiger partial charge < -0.3 is 14.9 Å². The van der Waals surface area contributed by atoms with Gasteiger partial charge in [0.15, 0.2) is 0 Å². The van der Waals surface area contributed by atoms with E-state index in [1.165, 1.54) is 0 Å². The summed E-state index contributed by atoms with van der Waals surface area (Å²) in [6.45, 7) is 3.56. The van der Waals surface area contributed by atoms with Crippen LogP contribution in [0.2, 0.25) is 0 Å². The standard InChI is InChI=1S/C22H32N2O2/c1-23(22(26)15-18-7-5-6-8-18)16-19-11-13-24(14-12-19)17-21(25)20-9-3-2-4-10-20/h2-5,7,9-10,18-19,21,25H,6,8,11-17H2,1H3/t18-,21+/m1/s1. The van der Waals surface area contributed by atoms with Crippen molar-refractivity contribution in [2.24, 2.45) is 11.8 Å².